The molecule has 0 bridgehead atoms. The van der Waals surface area contributed by atoms with Gasteiger partial charge in [0.05, 0.1) is 17.5 Å². The number of nitrogens with one attached hydrogen (secondary N) is 1. The van der Waals surface area contributed by atoms with Crippen LogP contribution in [-0.2, 0) is 9.53 Å². The Balaban J connectivity index is 2.75. The van der Waals surface area contributed by atoms with Gasteiger partial charge < -0.3 is 14.8 Å². The summed E-state index contributed by atoms with van der Waals surface area (Å²) in [6.45, 7) is 8.79. The first-order chi connectivity index (χ1) is 9.81. The number of rotatable bonds is 7. The lowest BCUT2D eigenvalue weighted by Crippen LogP contribution is -2.32. The molecular formula is C16H24ClNO3. The monoisotopic (exact) mass is 313 g/mol. The Hall–Kier alpha value is -1.26. The highest BCUT2D eigenvalue weighted by Gasteiger charge is 2.30. The fourth-order valence-electron chi connectivity index (χ4n) is 1.92. The number of esters is 1. The first-order valence-corrected chi connectivity index (χ1v) is 7.43. The molecule has 0 aliphatic heterocycles. The second-order valence-corrected chi connectivity index (χ2v) is 6.04. The molecule has 0 aromatic heterocycles. The molecule has 5 heteroatoms. The van der Waals surface area contributed by atoms with Crippen molar-refractivity contribution in [1.82, 2.24) is 5.32 Å². The molecule has 0 saturated heterocycles. The molecule has 0 aliphatic carbocycles. The summed E-state index contributed by atoms with van der Waals surface area (Å²) in [4.78, 5) is 11.6. The average Bonchev–Trinajstić information content (AvgIpc) is 2.45. The van der Waals surface area contributed by atoms with E-state index in [9.17, 15) is 4.79 Å². The van der Waals surface area contributed by atoms with Crippen LogP contribution in [0.1, 0.15) is 39.3 Å². The highest BCUT2D eigenvalue weighted by Crippen LogP contribution is 2.29. The predicted molar refractivity (Wildman–Crippen MR) is 84.8 cm³/mol. The third kappa shape index (κ3) is 4.90. The Labute approximate surface area is 131 Å². The van der Waals surface area contributed by atoms with Crippen LogP contribution in [0.25, 0.3) is 0 Å². The van der Waals surface area contributed by atoms with E-state index in [1.54, 1.807) is 13.8 Å². The van der Waals surface area contributed by atoms with Gasteiger partial charge in [0.25, 0.3) is 0 Å². The number of carbonyl (C=O) groups excluding carboxylic acids is 1. The summed E-state index contributed by atoms with van der Waals surface area (Å²) in [6, 6.07) is 5.92. The van der Waals surface area contributed by atoms with E-state index in [4.69, 9.17) is 21.1 Å². The van der Waals surface area contributed by atoms with E-state index >= 15 is 0 Å². The van der Waals surface area contributed by atoms with Crippen molar-refractivity contribution in [3.05, 3.63) is 28.8 Å². The Bertz CT molecular complexity index is 488. The molecule has 1 rings (SSSR count). The summed E-state index contributed by atoms with van der Waals surface area (Å²) in [5, 5.41) is 3.87. The van der Waals surface area contributed by atoms with Crippen LogP contribution in [0, 0.1) is 5.41 Å². The van der Waals surface area contributed by atoms with Crippen molar-refractivity contribution in [2.75, 3.05) is 20.3 Å². The largest absolute Gasteiger partial charge is 0.491 e. The smallest absolute Gasteiger partial charge is 0.314 e. The number of methoxy groups -OCH3 is 1. The fraction of sp³-hybridized carbons (Fsp3) is 0.562. The van der Waals surface area contributed by atoms with Gasteiger partial charge in [-0.3, -0.25) is 4.79 Å². The SMILES string of the molecule is CCNC(C)c1ccc(OCC(C)(C)C(=O)OC)c(Cl)c1. The van der Waals surface area contributed by atoms with Crippen molar-refractivity contribution in [1.29, 1.82) is 0 Å². The van der Waals surface area contributed by atoms with Crippen LogP contribution in [0.15, 0.2) is 18.2 Å². The van der Waals surface area contributed by atoms with Crippen molar-refractivity contribution >= 4 is 17.6 Å². The van der Waals surface area contributed by atoms with Gasteiger partial charge in [-0.05, 0) is 45.0 Å². The van der Waals surface area contributed by atoms with Gasteiger partial charge in [-0.15, -0.1) is 0 Å². The molecule has 0 fully saturated rings. The summed E-state index contributed by atoms with van der Waals surface area (Å²) in [5.41, 5.74) is 0.384. The topological polar surface area (TPSA) is 47.6 Å². The quantitative estimate of drug-likeness (QED) is 0.782. The summed E-state index contributed by atoms with van der Waals surface area (Å²) < 4.78 is 10.4. The van der Waals surface area contributed by atoms with Gasteiger partial charge in [0.15, 0.2) is 0 Å². The van der Waals surface area contributed by atoms with Crippen LogP contribution in [0.3, 0.4) is 0 Å². The van der Waals surface area contributed by atoms with E-state index in [1.165, 1.54) is 7.11 Å². The zero-order valence-electron chi connectivity index (χ0n) is 13.3. The molecule has 1 atom stereocenters. The van der Waals surface area contributed by atoms with Crippen molar-refractivity contribution in [2.45, 2.75) is 33.7 Å². The highest BCUT2D eigenvalue weighted by molar-refractivity contribution is 6.32. The van der Waals surface area contributed by atoms with Crippen LogP contribution in [-0.4, -0.2) is 26.2 Å². The standard InChI is InChI=1S/C16H24ClNO3/c1-6-18-11(2)12-7-8-14(13(17)9-12)21-10-16(3,4)15(19)20-5/h7-9,11,18H,6,10H2,1-5H3. The number of halogens is 1. The Morgan fingerprint density at radius 3 is 2.62 bits per heavy atom. The number of benzene rings is 1. The van der Waals surface area contributed by atoms with Gasteiger partial charge in [0.2, 0.25) is 0 Å². The Morgan fingerprint density at radius 2 is 2.10 bits per heavy atom. The van der Waals surface area contributed by atoms with E-state index in [0.717, 1.165) is 12.1 Å². The van der Waals surface area contributed by atoms with Gasteiger partial charge in [0.1, 0.15) is 12.4 Å². The maximum atomic E-state index is 11.6. The Morgan fingerprint density at radius 1 is 1.43 bits per heavy atom. The molecule has 0 saturated carbocycles. The third-order valence-corrected chi connectivity index (χ3v) is 3.59. The molecule has 0 spiro atoms. The molecule has 1 N–H and O–H groups in total. The fourth-order valence-corrected chi connectivity index (χ4v) is 2.16. The minimum absolute atomic E-state index is 0.210. The lowest BCUT2D eigenvalue weighted by atomic mass is 9.95. The molecule has 21 heavy (non-hydrogen) atoms. The Kier molecular flexibility index (Phi) is 6.49. The first-order valence-electron chi connectivity index (χ1n) is 7.06. The second-order valence-electron chi connectivity index (χ2n) is 5.63. The van der Waals surface area contributed by atoms with Crippen molar-refractivity contribution in [3.8, 4) is 5.75 Å². The van der Waals surface area contributed by atoms with Gasteiger partial charge in [-0.2, -0.15) is 0 Å². The molecule has 118 valence electrons. The zero-order valence-corrected chi connectivity index (χ0v) is 14.1. The van der Waals surface area contributed by atoms with Crippen LogP contribution < -0.4 is 10.1 Å². The minimum Gasteiger partial charge on any atom is -0.491 e. The summed E-state index contributed by atoms with van der Waals surface area (Å²) in [7, 11) is 1.37. The van der Waals surface area contributed by atoms with Crippen LogP contribution in [0.2, 0.25) is 5.02 Å². The van der Waals surface area contributed by atoms with Crippen LogP contribution in [0.4, 0.5) is 0 Å². The summed E-state index contributed by atoms with van der Waals surface area (Å²) in [5.74, 6) is 0.261. The van der Waals surface area contributed by atoms with Gasteiger partial charge in [-0.25, -0.2) is 0 Å². The molecule has 0 heterocycles. The zero-order chi connectivity index (χ0) is 16.0. The van der Waals surface area contributed by atoms with E-state index in [1.807, 2.05) is 18.2 Å². The first kappa shape index (κ1) is 17.8. The second kappa shape index (κ2) is 7.66. The van der Waals surface area contributed by atoms with Crippen molar-refractivity contribution in [3.63, 3.8) is 0 Å². The molecular weight excluding hydrogens is 290 g/mol. The number of carbonyl (C=O) groups is 1. The molecule has 1 aromatic carbocycles. The maximum Gasteiger partial charge on any atom is 0.314 e. The molecule has 0 aliphatic rings. The van der Waals surface area contributed by atoms with Crippen molar-refractivity contribution < 1.29 is 14.3 Å². The molecule has 0 radical (unpaired) electrons. The van der Waals surface area contributed by atoms with Gasteiger partial charge in [-0.1, -0.05) is 24.6 Å². The molecule has 1 unspecified atom stereocenters. The van der Waals surface area contributed by atoms with Crippen molar-refractivity contribution in [2.24, 2.45) is 5.41 Å². The summed E-state index contributed by atoms with van der Waals surface area (Å²) >= 11 is 6.25. The number of hydrogen-bond acceptors (Lipinski definition) is 4. The number of hydrogen-bond donors (Lipinski definition) is 1. The third-order valence-electron chi connectivity index (χ3n) is 3.29. The van der Waals surface area contributed by atoms with Crippen LogP contribution >= 0.6 is 11.6 Å². The minimum atomic E-state index is -0.714. The number of ether oxygens (including phenoxy) is 2. The van der Waals surface area contributed by atoms with E-state index in [2.05, 4.69) is 19.2 Å². The maximum absolute atomic E-state index is 11.6. The predicted octanol–water partition coefficient (Wildman–Crippen LogP) is 3.59. The van der Waals surface area contributed by atoms with E-state index in [-0.39, 0.29) is 18.6 Å². The normalized spacial score (nSPS) is 12.9. The lowest BCUT2D eigenvalue weighted by Gasteiger charge is -2.22. The van der Waals surface area contributed by atoms with Gasteiger partial charge in [0, 0.05) is 6.04 Å². The molecule has 1 aromatic rings. The van der Waals surface area contributed by atoms with E-state index < -0.39 is 5.41 Å². The van der Waals surface area contributed by atoms with Gasteiger partial charge >= 0.3 is 5.97 Å². The average molecular weight is 314 g/mol. The molecule has 4 nitrogen and oxygen atoms in total. The lowest BCUT2D eigenvalue weighted by molar-refractivity contribution is -0.152. The highest BCUT2D eigenvalue weighted by atomic mass is 35.5. The van der Waals surface area contributed by atoms with Crippen LogP contribution in [0.5, 0.6) is 5.75 Å². The summed E-state index contributed by atoms with van der Waals surface area (Å²) in [6.07, 6.45) is 0. The van der Waals surface area contributed by atoms with E-state index in [0.29, 0.717) is 10.8 Å². The molecule has 0 amide bonds.